The maximum absolute atomic E-state index is 13.2. The molecule has 0 bridgehead atoms. The molecule has 91 valence electrons. The Hall–Kier alpha value is -1.87. The van der Waals surface area contributed by atoms with Crippen LogP contribution in [0.15, 0.2) is 53.7 Å². The molecule has 4 heteroatoms. The van der Waals surface area contributed by atoms with Gasteiger partial charge in [-0.05, 0) is 29.8 Å². The quantitative estimate of drug-likeness (QED) is 0.605. The van der Waals surface area contributed by atoms with Gasteiger partial charge in [-0.1, -0.05) is 41.0 Å². The third-order valence-electron chi connectivity index (χ3n) is 2.25. The summed E-state index contributed by atoms with van der Waals surface area (Å²) in [6.07, 6.45) is 2.50. The second kappa shape index (κ2) is 6.17. The van der Waals surface area contributed by atoms with Gasteiger partial charge in [0.05, 0.1) is 0 Å². The van der Waals surface area contributed by atoms with Gasteiger partial charge in [-0.15, -0.1) is 0 Å². The molecule has 0 aliphatic heterocycles. The zero-order valence-corrected chi connectivity index (χ0v) is 10.2. The average molecular weight is 263 g/mol. The Morgan fingerprint density at radius 3 is 2.56 bits per heavy atom. The standard InChI is InChI=1S/C14H10ClFNO/c15-13-7-5-11(6-8-13)10-18-17-9-12-3-1-2-4-14(12)16/h1-8H,10H2. The number of halogens is 2. The summed E-state index contributed by atoms with van der Waals surface area (Å²) in [7, 11) is 0. The van der Waals surface area contributed by atoms with Crippen LogP contribution in [0.2, 0.25) is 5.02 Å². The second-order valence-electron chi connectivity index (χ2n) is 3.58. The molecule has 0 saturated heterocycles. The van der Waals surface area contributed by atoms with Crippen LogP contribution in [0.5, 0.6) is 0 Å². The van der Waals surface area contributed by atoms with Gasteiger partial charge in [-0.25, -0.2) is 4.39 Å². The highest BCUT2D eigenvalue weighted by Crippen LogP contribution is 2.10. The topological polar surface area (TPSA) is 21.6 Å². The lowest BCUT2D eigenvalue weighted by atomic mass is 10.2. The van der Waals surface area contributed by atoms with Gasteiger partial charge in [-0.2, -0.15) is 0 Å². The van der Waals surface area contributed by atoms with E-state index in [0.29, 0.717) is 11.6 Å². The van der Waals surface area contributed by atoms with Gasteiger partial charge < -0.3 is 4.84 Å². The first-order valence-corrected chi connectivity index (χ1v) is 5.70. The third kappa shape index (κ3) is 3.57. The fraction of sp³-hybridized carbons (Fsp3) is 0.0714. The minimum absolute atomic E-state index is 0.272. The molecule has 2 aromatic carbocycles. The molecule has 18 heavy (non-hydrogen) atoms. The van der Waals surface area contributed by atoms with E-state index in [4.69, 9.17) is 16.4 Å². The largest absolute Gasteiger partial charge is 0.390 e. The van der Waals surface area contributed by atoms with E-state index in [1.807, 2.05) is 12.1 Å². The Morgan fingerprint density at radius 2 is 1.83 bits per heavy atom. The van der Waals surface area contributed by atoms with E-state index in [9.17, 15) is 4.39 Å². The molecule has 0 heterocycles. The van der Waals surface area contributed by atoms with E-state index in [1.165, 1.54) is 6.07 Å². The van der Waals surface area contributed by atoms with Crippen molar-refractivity contribution in [2.24, 2.45) is 5.16 Å². The van der Waals surface area contributed by atoms with Gasteiger partial charge in [0.1, 0.15) is 18.6 Å². The van der Waals surface area contributed by atoms with Crippen LogP contribution in [0.4, 0.5) is 4.39 Å². The minimum atomic E-state index is -0.378. The van der Waals surface area contributed by atoms with Crippen LogP contribution < -0.4 is 0 Å². The Morgan fingerprint density at radius 1 is 1.11 bits per heavy atom. The highest BCUT2D eigenvalue weighted by atomic mass is 35.5. The highest BCUT2D eigenvalue weighted by Gasteiger charge is 1.97. The summed E-state index contributed by atoms with van der Waals surface area (Å²) in [6, 6.07) is 13.4. The van der Waals surface area contributed by atoms with Gasteiger partial charge >= 0.3 is 0 Å². The average Bonchev–Trinajstić information content (AvgIpc) is 2.39. The molecular formula is C14H10ClFNO. The lowest BCUT2D eigenvalue weighted by Gasteiger charge is -1.99. The number of nitrogens with zero attached hydrogens (tertiary/aromatic N) is 1. The molecule has 0 fully saturated rings. The molecule has 2 rings (SSSR count). The predicted octanol–water partition coefficient (Wildman–Crippen LogP) is 3.91. The van der Waals surface area contributed by atoms with Gasteiger partial charge in [-0.3, -0.25) is 0 Å². The van der Waals surface area contributed by atoms with Gasteiger partial charge in [0.25, 0.3) is 0 Å². The van der Waals surface area contributed by atoms with Crippen molar-refractivity contribution in [1.82, 2.24) is 0 Å². The van der Waals surface area contributed by atoms with Crippen molar-refractivity contribution < 1.29 is 9.23 Å². The first kappa shape index (κ1) is 12.6. The molecule has 0 amide bonds. The van der Waals surface area contributed by atoms with Crippen molar-refractivity contribution in [3.05, 3.63) is 70.5 Å². The number of hydrogen-bond donors (Lipinski definition) is 0. The van der Waals surface area contributed by atoms with Crippen molar-refractivity contribution in [2.75, 3.05) is 0 Å². The summed E-state index contributed by atoms with van der Waals surface area (Å²) in [5, 5.41) is 4.26. The van der Waals surface area contributed by atoms with E-state index in [0.717, 1.165) is 5.56 Å². The monoisotopic (exact) mass is 262 g/mol. The Kier molecular flexibility index (Phi) is 4.31. The van der Waals surface area contributed by atoms with E-state index < -0.39 is 0 Å². The summed E-state index contributed by atoms with van der Waals surface area (Å²) in [4.78, 5) is 5.02. The van der Waals surface area contributed by atoms with E-state index in [1.54, 1.807) is 30.3 Å². The summed E-state index contributed by atoms with van der Waals surface area (Å²) >= 11 is 5.75. The maximum Gasteiger partial charge on any atom is 0.142 e. The molecule has 2 nitrogen and oxygen atoms in total. The van der Waals surface area contributed by atoms with E-state index in [2.05, 4.69) is 11.4 Å². The molecule has 0 aromatic heterocycles. The van der Waals surface area contributed by atoms with Crippen LogP contribution in [-0.2, 0) is 11.4 Å². The van der Waals surface area contributed by atoms with Crippen molar-refractivity contribution in [3.63, 3.8) is 0 Å². The molecule has 0 aliphatic rings. The van der Waals surface area contributed by atoms with Crippen LogP contribution in [0.25, 0.3) is 0 Å². The zero-order chi connectivity index (χ0) is 12.8. The molecule has 2 aromatic rings. The molecule has 0 N–H and O–H groups in total. The minimum Gasteiger partial charge on any atom is -0.390 e. The number of hydrogen-bond acceptors (Lipinski definition) is 2. The fourth-order valence-electron chi connectivity index (χ4n) is 1.32. The zero-order valence-electron chi connectivity index (χ0n) is 9.44. The Balaban J connectivity index is 1.89. The Labute approximate surface area is 110 Å². The third-order valence-corrected chi connectivity index (χ3v) is 2.50. The van der Waals surface area contributed by atoms with Gasteiger partial charge in [0.15, 0.2) is 0 Å². The molecule has 0 atom stereocenters. The van der Waals surface area contributed by atoms with Gasteiger partial charge in [0.2, 0.25) is 0 Å². The van der Waals surface area contributed by atoms with Gasteiger partial charge in [0, 0.05) is 10.6 Å². The van der Waals surface area contributed by atoms with Crippen LogP contribution >= 0.6 is 11.6 Å². The summed E-state index contributed by atoms with van der Waals surface area (Å²) in [5.74, 6) is -0.378. The second-order valence-corrected chi connectivity index (χ2v) is 4.02. The molecule has 1 radical (unpaired) electrons. The molecule has 0 unspecified atom stereocenters. The summed E-state index contributed by atoms with van der Waals surface area (Å²) < 4.78 is 13.2. The summed E-state index contributed by atoms with van der Waals surface area (Å²) in [6.45, 7) is 0.290. The van der Waals surface area contributed by atoms with E-state index in [-0.39, 0.29) is 11.4 Å². The molecule has 0 aliphatic carbocycles. The van der Waals surface area contributed by atoms with Crippen molar-refractivity contribution >= 4 is 17.8 Å². The molecule has 0 spiro atoms. The molecular weight excluding hydrogens is 253 g/mol. The highest BCUT2D eigenvalue weighted by molar-refractivity contribution is 6.30. The first-order chi connectivity index (χ1) is 8.75. The smallest absolute Gasteiger partial charge is 0.142 e. The number of benzene rings is 2. The van der Waals surface area contributed by atoms with Crippen molar-refractivity contribution in [3.8, 4) is 0 Å². The molecule has 0 saturated carbocycles. The fourth-order valence-corrected chi connectivity index (χ4v) is 1.45. The van der Waals surface area contributed by atoms with Crippen LogP contribution in [0.3, 0.4) is 0 Å². The lowest BCUT2D eigenvalue weighted by molar-refractivity contribution is 0.132. The summed E-state index contributed by atoms with van der Waals surface area (Å²) in [5.41, 5.74) is 1.20. The van der Waals surface area contributed by atoms with Crippen LogP contribution in [-0.4, -0.2) is 6.21 Å². The lowest BCUT2D eigenvalue weighted by Crippen LogP contribution is -1.90. The first-order valence-electron chi connectivity index (χ1n) is 5.33. The normalized spacial score (nSPS) is 10.8. The van der Waals surface area contributed by atoms with Crippen molar-refractivity contribution in [2.45, 2.75) is 6.61 Å². The maximum atomic E-state index is 13.2. The van der Waals surface area contributed by atoms with Crippen LogP contribution in [0.1, 0.15) is 11.1 Å². The van der Waals surface area contributed by atoms with Crippen LogP contribution in [0, 0.1) is 5.82 Å². The Bertz CT molecular complexity index is 540. The van der Waals surface area contributed by atoms with E-state index >= 15 is 0 Å². The predicted molar refractivity (Wildman–Crippen MR) is 69.2 cm³/mol. The number of rotatable bonds is 4. The SMILES string of the molecule is Fc1ccccc1/[C]=N\OCc1ccc(Cl)cc1. The van der Waals surface area contributed by atoms with Crippen molar-refractivity contribution in [1.29, 1.82) is 0 Å².